The fourth-order valence-corrected chi connectivity index (χ4v) is 2.71. The molecule has 3 aromatic heterocycles. The zero-order valence-electron chi connectivity index (χ0n) is 11.0. The van der Waals surface area contributed by atoms with E-state index in [1.807, 2.05) is 36.5 Å². The molecule has 0 amide bonds. The number of halogens is 1. The molecule has 21 heavy (non-hydrogen) atoms. The number of hydrogen-bond acceptors (Lipinski definition) is 3. The van der Waals surface area contributed by atoms with Crippen molar-refractivity contribution in [1.82, 2.24) is 15.0 Å². The highest BCUT2D eigenvalue weighted by Gasteiger charge is 2.08. The van der Waals surface area contributed by atoms with Crippen LogP contribution in [0.1, 0.15) is 0 Å². The van der Waals surface area contributed by atoms with Crippen LogP contribution in [-0.2, 0) is 0 Å². The molecule has 102 valence electrons. The van der Waals surface area contributed by atoms with Gasteiger partial charge in [0.25, 0.3) is 0 Å². The summed E-state index contributed by atoms with van der Waals surface area (Å²) < 4.78 is 0. The first-order valence-electron chi connectivity index (χ1n) is 6.49. The number of hydrogen-bond donors (Lipinski definition) is 2. The fourth-order valence-electron chi connectivity index (χ4n) is 2.52. The Kier molecular flexibility index (Phi) is 2.59. The molecule has 0 saturated carbocycles. The van der Waals surface area contributed by atoms with Crippen LogP contribution in [0.3, 0.4) is 0 Å². The number of aromatic nitrogens is 3. The summed E-state index contributed by atoms with van der Waals surface area (Å²) in [5, 5.41) is 2.76. The molecule has 1 aromatic carbocycles. The maximum Gasteiger partial charge on any atom is 0.138 e. The lowest BCUT2D eigenvalue weighted by molar-refractivity contribution is 1.32. The third-order valence-corrected chi connectivity index (χ3v) is 3.75. The number of nitrogens with two attached hydrogens (primary N) is 1. The van der Waals surface area contributed by atoms with Gasteiger partial charge in [0.2, 0.25) is 0 Å². The minimum atomic E-state index is 0.497. The van der Waals surface area contributed by atoms with E-state index < -0.39 is 0 Å². The van der Waals surface area contributed by atoms with Gasteiger partial charge in [0.1, 0.15) is 11.5 Å². The van der Waals surface area contributed by atoms with Gasteiger partial charge in [-0.2, -0.15) is 0 Å². The predicted octanol–water partition coefficient (Wildman–Crippen LogP) is 4.01. The molecule has 4 rings (SSSR count). The largest absolute Gasteiger partial charge is 0.384 e. The molecule has 4 nitrogen and oxygen atoms in total. The van der Waals surface area contributed by atoms with Crippen LogP contribution in [0, 0.1) is 0 Å². The molecular formula is C16H11ClN4. The first kappa shape index (κ1) is 12.2. The van der Waals surface area contributed by atoms with Crippen LogP contribution in [0.25, 0.3) is 33.1 Å². The van der Waals surface area contributed by atoms with E-state index in [0.717, 1.165) is 33.1 Å². The average molecular weight is 295 g/mol. The molecule has 0 radical (unpaired) electrons. The third-order valence-electron chi connectivity index (χ3n) is 3.51. The topological polar surface area (TPSA) is 67.6 Å². The van der Waals surface area contributed by atoms with Gasteiger partial charge in [0.15, 0.2) is 0 Å². The minimum absolute atomic E-state index is 0.497. The molecule has 0 unspecified atom stereocenters. The van der Waals surface area contributed by atoms with Gasteiger partial charge in [-0.3, -0.25) is 0 Å². The van der Waals surface area contributed by atoms with E-state index in [4.69, 9.17) is 17.3 Å². The van der Waals surface area contributed by atoms with E-state index in [2.05, 4.69) is 21.0 Å². The van der Waals surface area contributed by atoms with Crippen LogP contribution < -0.4 is 5.73 Å². The zero-order valence-corrected chi connectivity index (χ0v) is 11.7. The summed E-state index contributed by atoms with van der Waals surface area (Å²) in [6, 6.07) is 11.7. The SMILES string of the molecule is Nc1cc2c(cn1)[nH]c1ncc(-c3cccc(Cl)c3)cc12. The Bertz CT molecular complexity index is 975. The summed E-state index contributed by atoms with van der Waals surface area (Å²) in [6.07, 6.45) is 3.56. The van der Waals surface area contributed by atoms with Crippen molar-refractivity contribution in [1.29, 1.82) is 0 Å². The summed E-state index contributed by atoms with van der Waals surface area (Å²) >= 11 is 6.06. The number of rotatable bonds is 1. The van der Waals surface area contributed by atoms with E-state index in [9.17, 15) is 0 Å². The van der Waals surface area contributed by atoms with Crippen molar-refractivity contribution in [3.8, 4) is 11.1 Å². The smallest absolute Gasteiger partial charge is 0.138 e. The predicted molar refractivity (Wildman–Crippen MR) is 86.3 cm³/mol. The lowest BCUT2D eigenvalue weighted by Gasteiger charge is -2.02. The standard InChI is InChI=1S/C16H11ClN4/c17-11-3-1-2-9(4-11)10-5-13-12-6-15(18)19-8-14(12)21-16(13)20-7-10/h1-8H,(H2,18,19)(H,20,21). The quantitative estimate of drug-likeness (QED) is 0.557. The second-order valence-corrected chi connectivity index (χ2v) is 5.35. The summed E-state index contributed by atoms with van der Waals surface area (Å²) in [4.78, 5) is 11.8. The van der Waals surface area contributed by atoms with Gasteiger partial charge >= 0.3 is 0 Å². The number of nitrogens with one attached hydrogen (secondary N) is 1. The second kappa shape index (κ2) is 4.46. The summed E-state index contributed by atoms with van der Waals surface area (Å²) in [6.45, 7) is 0. The molecule has 0 fully saturated rings. The number of pyridine rings is 2. The molecule has 0 saturated heterocycles. The van der Waals surface area contributed by atoms with E-state index in [1.165, 1.54) is 0 Å². The Hall–Kier alpha value is -2.59. The number of nitrogen functional groups attached to an aromatic ring is 1. The molecule has 5 heteroatoms. The fraction of sp³-hybridized carbons (Fsp3) is 0. The highest BCUT2D eigenvalue weighted by Crippen LogP contribution is 2.29. The average Bonchev–Trinajstić information content (AvgIpc) is 2.84. The van der Waals surface area contributed by atoms with Crippen LogP contribution in [-0.4, -0.2) is 15.0 Å². The van der Waals surface area contributed by atoms with Crippen LogP contribution in [0.5, 0.6) is 0 Å². The molecule has 0 aliphatic carbocycles. The van der Waals surface area contributed by atoms with Gasteiger partial charge in [-0.15, -0.1) is 0 Å². The maximum absolute atomic E-state index is 6.06. The number of nitrogens with zero attached hydrogens (tertiary/aromatic N) is 2. The number of benzene rings is 1. The molecule has 0 atom stereocenters. The third kappa shape index (κ3) is 2.00. The number of fused-ring (bicyclic) bond motifs is 3. The van der Waals surface area contributed by atoms with E-state index in [1.54, 1.807) is 6.20 Å². The Morgan fingerprint density at radius 2 is 1.86 bits per heavy atom. The van der Waals surface area contributed by atoms with Crippen molar-refractivity contribution in [3.05, 3.63) is 53.8 Å². The van der Waals surface area contributed by atoms with Crippen molar-refractivity contribution < 1.29 is 0 Å². The Morgan fingerprint density at radius 1 is 0.952 bits per heavy atom. The van der Waals surface area contributed by atoms with Gasteiger partial charge < -0.3 is 10.7 Å². The van der Waals surface area contributed by atoms with Crippen molar-refractivity contribution in [2.24, 2.45) is 0 Å². The van der Waals surface area contributed by atoms with Gasteiger partial charge in [0, 0.05) is 27.6 Å². The normalized spacial score (nSPS) is 11.3. The molecule has 4 aromatic rings. The van der Waals surface area contributed by atoms with Crippen LogP contribution in [0.15, 0.2) is 48.8 Å². The van der Waals surface area contributed by atoms with Crippen molar-refractivity contribution >= 4 is 39.4 Å². The maximum atomic E-state index is 6.06. The van der Waals surface area contributed by atoms with Crippen molar-refractivity contribution in [2.45, 2.75) is 0 Å². The number of aromatic amines is 1. The lowest BCUT2D eigenvalue weighted by Crippen LogP contribution is -1.87. The molecule has 0 bridgehead atoms. The molecule has 0 aliphatic rings. The van der Waals surface area contributed by atoms with Crippen LogP contribution in [0.2, 0.25) is 5.02 Å². The van der Waals surface area contributed by atoms with Gasteiger partial charge in [-0.1, -0.05) is 23.7 Å². The number of H-pyrrole nitrogens is 1. The molecule has 0 spiro atoms. The van der Waals surface area contributed by atoms with Crippen molar-refractivity contribution in [2.75, 3.05) is 5.73 Å². The minimum Gasteiger partial charge on any atom is -0.384 e. The molecule has 3 heterocycles. The highest BCUT2D eigenvalue weighted by molar-refractivity contribution is 6.30. The summed E-state index contributed by atoms with van der Waals surface area (Å²) in [7, 11) is 0. The van der Waals surface area contributed by atoms with Crippen molar-refractivity contribution in [3.63, 3.8) is 0 Å². The van der Waals surface area contributed by atoms with Gasteiger partial charge in [0.05, 0.1) is 11.7 Å². The molecular weight excluding hydrogens is 284 g/mol. The summed E-state index contributed by atoms with van der Waals surface area (Å²) in [5.41, 5.74) is 9.58. The first-order valence-corrected chi connectivity index (χ1v) is 6.87. The Labute approximate surface area is 125 Å². The zero-order chi connectivity index (χ0) is 14.4. The van der Waals surface area contributed by atoms with Gasteiger partial charge in [-0.05, 0) is 29.8 Å². The van der Waals surface area contributed by atoms with Gasteiger partial charge in [-0.25, -0.2) is 9.97 Å². The van der Waals surface area contributed by atoms with E-state index in [-0.39, 0.29) is 0 Å². The molecule has 0 aliphatic heterocycles. The van der Waals surface area contributed by atoms with Crippen LogP contribution in [0.4, 0.5) is 5.82 Å². The lowest BCUT2D eigenvalue weighted by atomic mass is 10.1. The Balaban J connectivity index is 2.00. The van der Waals surface area contributed by atoms with E-state index >= 15 is 0 Å². The Morgan fingerprint density at radius 3 is 2.71 bits per heavy atom. The molecule has 3 N–H and O–H groups in total. The highest BCUT2D eigenvalue weighted by atomic mass is 35.5. The number of anilines is 1. The second-order valence-electron chi connectivity index (χ2n) is 4.91. The first-order chi connectivity index (χ1) is 10.2. The summed E-state index contributed by atoms with van der Waals surface area (Å²) in [5.74, 6) is 0.497. The van der Waals surface area contributed by atoms with Crippen LogP contribution >= 0.6 is 11.6 Å². The van der Waals surface area contributed by atoms with E-state index in [0.29, 0.717) is 10.8 Å². The monoisotopic (exact) mass is 294 g/mol.